The molecule has 2 heterocycles. The molecule has 2 saturated heterocycles. The topological polar surface area (TPSA) is 181 Å². The Kier molecular flexibility index (Phi) is 11.0. The van der Waals surface area contributed by atoms with Crippen LogP contribution in [0.2, 0.25) is 5.02 Å². The fraction of sp³-hybridized carbons (Fsp3) is 0.344. The number of hydrogen-bond acceptors (Lipinski definition) is 10. The van der Waals surface area contributed by atoms with Gasteiger partial charge in [-0.15, -0.1) is 0 Å². The molecule has 6 N–H and O–H groups in total. The smallest absolute Gasteiger partial charge is 0.335 e. The molecule has 0 aliphatic carbocycles. The fourth-order valence-corrected chi connectivity index (χ4v) is 5.76. The number of aliphatic hydroxyl groups excluding tert-OH is 3. The van der Waals surface area contributed by atoms with Crippen LogP contribution in [0.15, 0.2) is 65.1 Å². The number of carbonyl (C=O) groups is 3. The Labute approximate surface area is 283 Å². The average molecular weight is 734 g/mol. The first-order valence-electron chi connectivity index (χ1n) is 14.8. The number of aliphatic carboxylic acids is 1. The molecule has 2 aliphatic heterocycles. The van der Waals surface area contributed by atoms with Crippen LogP contribution < -0.4 is 20.3 Å². The second-order valence-electron chi connectivity index (χ2n) is 11.3. The largest absolute Gasteiger partial charge is 0.479 e. The third kappa shape index (κ3) is 8.22. The van der Waals surface area contributed by atoms with E-state index in [1.807, 2.05) is 12.1 Å². The van der Waals surface area contributed by atoms with Gasteiger partial charge in [0, 0.05) is 52.0 Å². The van der Waals surface area contributed by atoms with Gasteiger partial charge in [0.2, 0.25) is 6.29 Å². The van der Waals surface area contributed by atoms with Crippen molar-refractivity contribution in [3.63, 3.8) is 0 Å². The Bertz CT molecular complexity index is 1610. The monoisotopic (exact) mass is 732 g/mol. The number of carboxylic acids is 1. The van der Waals surface area contributed by atoms with E-state index in [2.05, 4.69) is 43.4 Å². The molecule has 15 heteroatoms. The van der Waals surface area contributed by atoms with Crippen molar-refractivity contribution in [3.8, 4) is 5.75 Å². The first-order chi connectivity index (χ1) is 22.4. The zero-order valence-corrected chi connectivity index (χ0v) is 27.5. The molecule has 3 aromatic carbocycles. The van der Waals surface area contributed by atoms with E-state index in [0.717, 1.165) is 42.8 Å². The Morgan fingerprint density at radius 1 is 0.872 bits per heavy atom. The van der Waals surface area contributed by atoms with E-state index in [0.29, 0.717) is 0 Å². The second-order valence-corrected chi connectivity index (χ2v) is 12.6. The zero-order valence-electron chi connectivity index (χ0n) is 25.2. The van der Waals surface area contributed by atoms with E-state index in [-0.39, 0.29) is 33.3 Å². The lowest BCUT2D eigenvalue weighted by Crippen LogP contribution is -2.61. The third-order valence-electron chi connectivity index (χ3n) is 7.93. The molecular weight excluding hydrogens is 700 g/mol. The highest BCUT2D eigenvalue weighted by Crippen LogP contribution is 2.39. The van der Waals surface area contributed by atoms with E-state index < -0.39 is 48.5 Å². The Hall–Kier alpha value is -3.76. The number of halogens is 2. The van der Waals surface area contributed by atoms with Crippen LogP contribution in [0.5, 0.6) is 5.75 Å². The summed E-state index contributed by atoms with van der Waals surface area (Å²) in [7, 11) is 2.08. The first-order valence-corrected chi connectivity index (χ1v) is 15.9. The molecule has 0 spiro atoms. The van der Waals surface area contributed by atoms with Gasteiger partial charge in [-0.3, -0.25) is 9.59 Å². The van der Waals surface area contributed by atoms with Crippen LogP contribution in [0, 0.1) is 0 Å². The Morgan fingerprint density at radius 3 is 2.17 bits per heavy atom. The van der Waals surface area contributed by atoms with E-state index >= 15 is 0 Å². The summed E-state index contributed by atoms with van der Waals surface area (Å²) in [5, 5.41) is 45.9. The molecule has 0 radical (unpaired) electrons. The summed E-state index contributed by atoms with van der Waals surface area (Å²) in [5.41, 5.74) is 1.46. The fourth-order valence-electron chi connectivity index (χ4n) is 5.29. The first kappa shape index (κ1) is 34.6. The zero-order chi connectivity index (χ0) is 33.8. The number of rotatable bonds is 8. The molecule has 3 aromatic rings. The van der Waals surface area contributed by atoms with Crippen LogP contribution in [-0.2, 0) is 9.53 Å². The highest BCUT2D eigenvalue weighted by molar-refractivity contribution is 9.10. The van der Waals surface area contributed by atoms with Crippen molar-refractivity contribution in [2.75, 3.05) is 48.8 Å². The van der Waals surface area contributed by atoms with E-state index in [4.69, 9.17) is 21.1 Å². The molecular formula is C32H34BrClN4O9. The quantitative estimate of drug-likeness (QED) is 0.200. The van der Waals surface area contributed by atoms with Gasteiger partial charge < -0.3 is 50.3 Å². The normalized spacial score (nSPS) is 23.4. The molecule has 13 nitrogen and oxygen atoms in total. The van der Waals surface area contributed by atoms with Crippen molar-refractivity contribution >= 4 is 62.4 Å². The van der Waals surface area contributed by atoms with Gasteiger partial charge in [-0.25, -0.2) is 4.79 Å². The number of anilines is 3. The van der Waals surface area contributed by atoms with Crippen LogP contribution in [0.3, 0.4) is 0 Å². The Balaban J connectivity index is 1.46. The summed E-state index contributed by atoms with van der Waals surface area (Å²) in [6.45, 7) is 3.65. The number of aliphatic hydroxyl groups is 3. The van der Waals surface area contributed by atoms with E-state index in [1.54, 1.807) is 36.4 Å². The molecule has 5 rings (SSSR count). The molecule has 5 atom stereocenters. The summed E-state index contributed by atoms with van der Waals surface area (Å²) >= 11 is 9.70. The number of nitrogens with one attached hydrogen (secondary N) is 2. The standard InChI is InChI=1S/C32H34BrClN4O9/c1-37-11-2-12-38(14-13-37)21-9-5-18(6-10-21)30(43)36-24-22(35-29(42)17-3-7-19(33)8-4-17)15-20(34)16-23(24)46-32-27(41)25(39)26(40)28(47-32)31(44)45/h3-10,15-16,25-28,32,39-41H,2,11-14H2,1H3,(H,35,42)(H,36,43)(H,44,45)/t25-,26-,27+,28-,32+/m0/s1. The summed E-state index contributed by atoms with van der Waals surface area (Å²) in [5.74, 6) is -2.96. The molecule has 0 aromatic heterocycles. The number of benzene rings is 3. The van der Waals surface area contributed by atoms with Gasteiger partial charge in [-0.1, -0.05) is 27.5 Å². The van der Waals surface area contributed by atoms with Crippen molar-refractivity contribution < 1.29 is 44.3 Å². The van der Waals surface area contributed by atoms with Crippen LogP contribution in [0.4, 0.5) is 17.1 Å². The lowest BCUT2D eigenvalue weighted by atomic mass is 9.99. The maximum Gasteiger partial charge on any atom is 0.335 e. The number of carboxylic acid groups (broad SMARTS) is 1. The van der Waals surface area contributed by atoms with Crippen molar-refractivity contribution in [2.24, 2.45) is 0 Å². The molecule has 47 heavy (non-hydrogen) atoms. The molecule has 2 fully saturated rings. The van der Waals surface area contributed by atoms with Gasteiger partial charge in [-0.05, 0) is 74.6 Å². The predicted octanol–water partition coefficient (Wildman–Crippen LogP) is 3.02. The number of amides is 2. The van der Waals surface area contributed by atoms with Gasteiger partial charge in [-0.2, -0.15) is 0 Å². The highest BCUT2D eigenvalue weighted by Gasteiger charge is 2.48. The maximum absolute atomic E-state index is 13.6. The molecule has 0 saturated carbocycles. The predicted molar refractivity (Wildman–Crippen MR) is 177 cm³/mol. The average Bonchev–Trinajstić information content (AvgIpc) is 3.27. The van der Waals surface area contributed by atoms with Gasteiger partial charge >= 0.3 is 5.97 Å². The highest BCUT2D eigenvalue weighted by atomic mass is 79.9. The molecule has 250 valence electrons. The Morgan fingerprint density at radius 2 is 1.51 bits per heavy atom. The summed E-state index contributed by atoms with van der Waals surface area (Å²) in [4.78, 5) is 43.0. The van der Waals surface area contributed by atoms with Crippen LogP contribution in [0.1, 0.15) is 27.1 Å². The number of hydrogen-bond donors (Lipinski definition) is 6. The summed E-state index contributed by atoms with van der Waals surface area (Å²) in [6, 6.07) is 16.2. The number of nitrogens with zero attached hydrogens (tertiary/aromatic N) is 2. The van der Waals surface area contributed by atoms with Crippen LogP contribution in [-0.4, -0.2) is 107 Å². The van der Waals surface area contributed by atoms with Crippen molar-refractivity contribution in [1.29, 1.82) is 0 Å². The van der Waals surface area contributed by atoms with Crippen molar-refractivity contribution in [2.45, 2.75) is 37.1 Å². The molecule has 0 bridgehead atoms. The lowest BCUT2D eigenvalue weighted by molar-refractivity contribution is -0.271. The second kappa shape index (κ2) is 15.0. The number of ether oxygens (including phenoxy) is 2. The van der Waals surface area contributed by atoms with Crippen molar-refractivity contribution in [1.82, 2.24) is 4.90 Å². The summed E-state index contributed by atoms with van der Waals surface area (Å²) in [6.07, 6.45) is -8.52. The molecule has 0 unspecified atom stereocenters. The minimum absolute atomic E-state index is 0.0137. The lowest BCUT2D eigenvalue weighted by Gasteiger charge is -2.38. The van der Waals surface area contributed by atoms with Gasteiger partial charge in [0.25, 0.3) is 11.8 Å². The summed E-state index contributed by atoms with van der Waals surface area (Å²) < 4.78 is 11.8. The van der Waals surface area contributed by atoms with Crippen LogP contribution >= 0.6 is 27.5 Å². The third-order valence-corrected chi connectivity index (χ3v) is 8.68. The van der Waals surface area contributed by atoms with Crippen LogP contribution in [0.25, 0.3) is 0 Å². The molecule has 2 aliphatic rings. The maximum atomic E-state index is 13.6. The van der Waals surface area contributed by atoms with Gasteiger partial charge in [0.05, 0.1) is 5.69 Å². The number of carbonyl (C=O) groups excluding carboxylic acids is 2. The van der Waals surface area contributed by atoms with Gasteiger partial charge in [0.1, 0.15) is 29.7 Å². The van der Waals surface area contributed by atoms with E-state index in [1.165, 1.54) is 12.1 Å². The van der Waals surface area contributed by atoms with Crippen molar-refractivity contribution in [3.05, 3.63) is 81.3 Å². The minimum Gasteiger partial charge on any atom is -0.479 e. The van der Waals surface area contributed by atoms with E-state index in [9.17, 15) is 34.8 Å². The molecule has 2 amide bonds. The number of likely N-dealkylation sites (N-methyl/N-ethyl adjacent to an activating group) is 1. The SMILES string of the molecule is CN1CCCN(c2ccc(C(=O)Nc3c(NC(=O)c4ccc(Br)cc4)cc(Cl)cc3O[C@@H]3O[C@H](C(=O)O)[C@@H](O)[C@H](O)[C@H]3O)cc2)CC1. The minimum atomic E-state index is -1.94. The van der Waals surface area contributed by atoms with Gasteiger partial charge in [0.15, 0.2) is 6.10 Å².